The second kappa shape index (κ2) is 7.12. The molecule has 0 spiro atoms. The molecule has 0 radical (unpaired) electrons. The van der Waals surface area contributed by atoms with Crippen molar-refractivity contribution in [3.63, 3.8) is 0 Å². The molecule has 116 valence electrons. The smallest absolute Gasteiger partial charge is 0.265 e. The van der Waals surface area contributed by atoms with Gasteiger partial charge in [-0.2, -0.15) is 0 Å². The molecule has 3 nitrogen and oxygen atoms in total. The van der Waals surface area contributed by atoms with Crippen molar-refractivity contribution in [2.75, 3.05) is 5.32 Å². The van der Waals surface area contributed by atoms with E-state index in [1.807, 2.05) is 55.5 Å². The maximum absolute atomic E-state index is 12.2. The van der Waals surface area contributed by atoms with E-state index >= 15 is 0 Å². The second-order valence-corrected chi connectivity index (χ2v) is 5.84. The molecule has 1 unspecified atom stereocenters. The van der Waals surface area contributed by atoms with Crippen LogP contribution in [0.25, 0.3) is 0 Å². The Kier molecular flexibility index (Phi) is 5.21. The molecule has 2 aromatic carbocycles. The molecule has 0 aliphatic carbocycles. The van der Waals surface area contributed by atoms with Gasteiger partial charge in [0.25, 0.3) is 5.91 Å². The van der Waals surface area contributed by atoms with Crippen LogP contribution in [0.2, 0.25) is 0 Å². The monoisotopic (exact) mass is 297 g/mol. The summed E-state index contributed by atoms with van der Waals surface area (Å²) in [5.41, 5.74) is 3.15. The van der Waals surface area contributed by atoms with E-state index in [1.54, 1.807) is 6.92 Å². The maximum Gasteiger partial charge on any atom is 0.265 e. The lowest BCUT2D eigenvalue weighted by Gasteiger charge is -2.15. The molecular weight excluding hydrogens is 274 g/mol. The predicted octanol–water partition coefficient (Wildman–Crippen LogP) is 4.52. The molecule has 0 bridgehead atoms. The zero-order chi connectivity index (χ0) is 16.1. The van der Waals surface area contributed by atoms with Crippen molar-refractivity contribution >= 4 is 11.6 Å². The average Bonchev–Trinajstić information content (AvgIpc) is 2.47. The molecule has 0 saturated heterocycles. The van der Waals surface area contributed by atoms with Crippen molar-refractivity contribution in [2.24, 2.45) is 0 Å². The number of amides is 1. The molecule has 2 rings (SSSR count). The third kappa shape index (κ3) is 4.35. The predicted molar refractivity (Wildman–Crippen MR) is 90.4 cm³/mol. The Hall–Kier alpha value is -2.29. The standard InChI is InChI=1S/C19H23NO2/c1-13(2)16-8-10-18(11-9-16)22-15(4)19(21)20-17-7-5-6-14(3)12-17/h5-13,15H,1-4H3,(H,20,21). The van der Waals surface area contributed by atoms with Crippen LogP contribution in [0, 0.1) is 6.92 Å². The number of hydrogen-bond acceptors (Lipinski definition) is 2. The van der Waals surface area contributed by atoms with Crippen molar-refractivity contribution in [1.29, 1.82) is 0 Å². The van der Waals surface area contributed by atoms with Crippen LogP contribution >= 0.6 is 0 Å². The lowest BCUT2D eigenvalue weighted by atomic mass is 10.0. The highest BCUT2D eigenvalue weighted by Gasteiger charge is 2.15. The molecule has 0 saturated carbocycles. The lowest BCUT2D eigenvalue weighted by Crippen LogP contribution is -2.30. The summed E-state index contributed by atoms with van der Waals surface area (Å²) in [5.74, 6) is 1.03. The first-order chi connectivity index (χ1) is 10.5. The quantitative estimate of drug-likeness (QED) is 0.881. The Morgan fingerprint density at radius 2 is 1.73 bits per heavy atom. The average molecular weight is 297 g/mol. The fraction of sp³-hybridized carbons (Fsp3) is 0.316. The Labute approximate surface area is 132 Å². The van der Waals surface area contributed by atoms with E-state index in [4.69, 9.17) is 4.74 Å². The van der Waals surface area contributed by atoms with Gasteiger partial charge in [0.1, 0.15) is 5.75 Å². The Balaban J connectivity index is 1.96. The molecule has 22 heavy (non-hydrogen) atoms. The third-order valence-corrected chi connectivity index (χ3v) is 3.51. The maximum atomic E-state index is 12.2. The van der Waals surface area contributed by atoms with E-state index in [1.165, 1.54) is 5.56 Å². The van der Waals surface area contributed by atoms with E-state index in [9.17, 15) is 4.79 Å². The minimum atomic E-state index is -0.551. The fourth-order valence-corrected chi connectivity index (χ4v) is 2.16. The van der Waals surface area contributed by atoms with Gasteiger partial charge in [0.2, 0.25) is 0 Å². The highest BCUT2D eigenvalue weighted by Crippen LogP contribution is 2.19. The van der Waals surface area contributed by atoms with Crippen molar-refractivity contribution in [3.8, 4) is 5.75 Å². The number of anilines is 1. The number of ether oxygens (including phenoxy) is 1. The SMILES string of the molecule is Cc1cccc(NC(=O)C(C)Oc2ccc(C(C)C)cc2)c1. The Bertz CT molecular complexity index is 632. The molecule has 0 aliphatic rings. The van der Waals surface area contributed by atoms with Gasteiger partial charge in [-0.05, 0) is 55.2 Å². The first-order valence-electron chi connectivity index (χ1n) is 7.60. The minimum absolute atomic E-state index is 0.154. The molecular formula is C19H23NO2. The van der Waals surface area contributed by atoms with Crippen LogP contribution in [-0.4, -0.2) is 12.0 Å². The van der Waals surface area contributed by atoms with Crippen LogP contribution in [0.15, 0.2) is 48.5 Å². The molecule has 0 aromatic heterocycles. The first kappa shape index (κ1) is 16.1. The lowest BCUT2D eigenvalue weighted by molar-refractivity contribution is -0.122. The van der Waals surface area contributed by atoms with Gasteiger partial charge < -0.3 is 10.1 Å². The van der Waals surface area contributed by atoms with Crippen LogP contribution in [-0.2, 0) is 4.79 Å². The molecule has 0 fully saturated rings. The van der Waals surface area contributed by atoms with Gasteiger partial charge in [-0.15, -0.1) is 0 Å². The van der Waals surface area contributed by atoms with Crippen molar-refractivity contribution in [1.82, 2.24) is 0 Å². The van der Waals surface area contributed by atoms with E-state index < -0.39 is 6.10 Å². The van der Waals surface area contributed by atoms with Crippen LogP contribution < -0.4 is 10.1 Å². The largest absolute Gasteiger partial charge is 0.481 e. The summed E-state index contributed by atoms with van der Waals surface area (Å²) < 4.78 is 5.70. The van der Waals surface area contributed by atoms with Gasteiger partial charge in [0, 0.05) is 5.69 Å². The number of rotatable bonds is 5. The molecule has 1 amide bonds. The third-order valence-electron chi connectivity index (χ3n) is 3.51. The van der Waals surface area contributed by atoms with Crippen LogP contribution in [0.1, 0.15) is 37.8 Å². The zero-order valence-electron chi connectivity index (χ0n) is 13.6. The van der Waals surface area contributed by atoms with Gasteiger partial charge in [0.05, 0.1) is 0 Å². The zero-order valence-corrected chi connectivity index (χ0v) is 13.6. The minimum Gasteiger partial charge on any atom is -0.481 e. The van der Waals surface area contributed by atoms with Gasteiger partial charge in [-0.1, -0.05) is 38.1 Å². The summed E-state index contributed by atoms with van der Waals surface area (Å²) >= 11 is 0. The number of nitrogens with one attached hydrogen (secondary N) is 1. The Morgan fingerprint density at radius 1 is 1.05 bits per heavy atom. The van der Waals surface area contributed by atoms with Crippen LogP contribution in [0.3, 0.4) is 0 Å². The number of carbonyl (C=O) groups is 1. The van der Waals surface area contributed by atoms with E-state index in [2.05, 4.69) is 19.2 Å². The highest BCUT2D eigenvalue weighted by molar-refractivity contribution is 5.94. The summed E-state index contributed by atoms with van der Waals surface area (Å²) in [7, 11) is 0. The van der Waals surface area contributed by atoms with Crippen LogP contribution in [0.4, 0.5) is 5.69 Å². The van der Waals surface area contributed by atoms with Gasteiger partial charge in [-0.25, -0.2) is 0 Å². The number of benzene rings is 2. The highest BCUT2D eigenvalue weighted by atomic mass is 16.5. The van der Waals surface area contributed by atoms with Gasteiger partial charge >= 0.3 is 0 Å². The fourth-order valence-electron chi connectivity index (χ4n) is 2.16. The summed E-state index contributed by atoms with van der Waals surface area (Å²) in [6, 6.07) is 15.6. The molecule has 3 heteroatoms. The summed E-state index contributed by atoms with van der Waals surface area (Å²) in [6.45, 7) is 8.04. The molecule has 0 heterocycles. The Morgan fingerprint density at radius 3 is 2.32 bits per heavy atom. The van der Waals surface area contributed by atoms with Crippen molar-refractivity contribution in [2.45, 2.75) is 39.7 Å². The molecule has 1 atom stereocenters. The number of hydrogen-bond donors (Lipinski definition) is 1. The summed E-state index contributed by atoms with van der Waals surface area (Å²) in [5, 5.41) is 2.87. The normalized spacial score (nSPS) is 12.0. The first-order valence-corrected chi connectivity index (χ1v) is 7.60. The summed E-state index contributed by atoms with van der Waals surface area (Å²) in [4.78, 5) is 12.2. The molecule has 1 N–H and O–H groups in total. The van der Waals surface area contributed by atoms with Gasteiger partial charge in [0.15, 0.2) is 6.10 Å². The van der Waals surface area contributed by atoms with E-state index in [-0.39, 0.29) is 5.91 Å². The number of carbonyl (C=O) groups excluding carboxylic acids is 1. The molecule has 2 aromatic rings. The second-order valence-electron chi connectivity index (χ2n) is 5.84. The van der Waals surface area contributed by atoms with E-state index in [0.717, 1.165) is 11.3 Å². The number of aryl methyl sites for hydroxylation is 1. The molecule has 0 aliphatic heterocycles. The van der Waals surface area contributed by atoms with Crippen molar-refractivity contribution in [3.05, 3.63) is 59.7 Å². The van der Waals surface area contributed by atoms with Gasteiger partial charge in [-0.3, -0.25) is 4.79 Å². The van der Waals surface area contributed by atoms with Crippen LogP contribution in [0.5, 0.6) is 5.75 Å². The van der Waals surface area contributed by atoms with E-state index in [0.29, 0.717) is 11.7 Å². The topological polar surface area (TPSA) is 38.3 Å². The van der Waals surface area contributed by atoms with Crippen molar-refractivity contribution < 1.29 is 9.53 Å². The summed E-state index contributed by atoms with van der Waals surface area (Å²) in [6.07, 6.45) is -0.551.